The number of amides is 3. The van der Waals surface area contributed by atoms with Crippen molar-refractivity contribution >= 4 is 98.6 Å². The molecule has 21 heteroatoms. The van der Waals surface area contributed by atoms with Gasteiger partial charge in [-0.1, -0.05) is 35.0 Å². The fourth-order valence-electron chi connectivity index (χ4n) is 3.82. The highest BCUT2D eigenvalue weighted by Crippen LogP contribution is 2.42. The van der Waals surface area contributed by atoms with Gasteiger partial charge in [-0.05, 0) is 36.8 Å². The van der Waals surface area contributed by atoms with Gasteiger partial charge in [0.05, 0.1) is 11.3 Å². The molecule has 0 spiro atoms. The number of tetrazole rings is 1. The van der Waals surface area contributed by atoms with Crippen molar-refractivity contribution in [2.75, 3.05) is 16.8 Å². The third kappa shape index (κ3) is 7.58. The number of aromatic nitrogens is 5. The van der Waals surface area contributed by atoms with E-state index in [9.17, 15) is 29.1 Å². The van der Waals surface area contributed by atoms with Crippen molar-refractivity contribution < 1.29 is 38.9 Å². The molecule has 1 unspecified atom stereocenters. The van der Waals surface area contributed by atoms with Crippen LogP contribution in [0.25, 0.3) is 5.57 Å². The van der Waals surface area contributed by atoms with E-state index in [0.717, 1.165) is 32.7 Å². The molecule has 2 aliphatic rings. The number of carbonyl (C=O) groups is 5. The van der Waals surface area contributed by atoms with Gasteiger partial charge < -0.3 is 20.3 Å². The van der Waals surface area contributed by atoms with Crippen LogP contribution in [-0.2, 0) is 30.5 Å². The van der Waals surface area contributed by atoms with Crippen molar-refractivity contribution in [3.05, 3.63) is 26.8 Å². The number of thiazole rings is 1. The number of aliphatic carboxylic acids is 2. The summed E-state index contributed by atoms with van der Waals surface area (Å²) in [5.74, 6) is -3.74. The fraction of sp³-hybridized carbons (Fsp3) is 0.409. The summed E-state index contributed by atoms with van der Waals surface area (Å²) in [7, 11) is 0. The minimum absolute atomic E-state index is 0.0316. The van der Waals surface area contributed by atoms with E-state index in [4.69, 9.17) is 33.0 Å². The third-order valence-electron chi connectivity index (χ3n) is 5.48. The molecule has 3 amide bonds. The average molecular weight is 694 g/mol. The second kappa shape index (κ2) is 13.1. The summed E-state index contributed by atoms with van der Waals surface area (Å²) in [5.41, 5.74) is -0.825. The molecule has 16 nitrogen and oxygen atoms in total. The lowest BCUT2D eigenvalue weighted by Gasteiger charge is -2.49. The largest absolute Gasteiger partial charge is 0.480 e. The highest BCUT2D eigenvalue weighted by molar-refractivity contribution is 8.01. The Balaban J connectivity index is 1.45. The summed E-state index contributed by atoms with van der Waals surface area (Å²) in [6.07, 6.45) is -0.756. The number of β-lactam (4-membered cyclic amide) rings is 1. The highest BCUT2D eigenvalue weighted by atomic mass is 35.5. The van der Waals surface area contributed by atoms with Crippen LogP contribution in [0.2, 0.25) is 0 Å². The lowest BCUT2D eigenvalue weighted by molar-refractivity contribution is -0.150. The number of nitrogens with zero attached hydrogens (tertiary/aromatic N) is 6. The second-order valence-electron chi connectivity index (χ2n) is 9.72. The van der Waals surface area contributed by atoms with Crippen LogP contribution in [0, 0.1) is 0 Å². The van der Waals surface area contributed by atoms with E-state index in [2.05, 4.69) is 31.1 Å². The predicted molar refractivity (Wildman–Crippen MR) is 156 cm³/mol. The van der Waals surface area contributed by atoms with Gasteiger partial charge >= 0.3 is 18.0 Å². The van der Waals surface area contributed by atoms with Crippen molar-refractivity contribution in [3.63, 3.8) is 0 Å². The molecule has 2 aromatic rings. The summed E-state index contributed by atoms with van der Waals surface area (Å²) in [5, 5.41) is 35.7. The topological polar surface area (TPSA) is 219 Å². The Kier molecular flexibility index (Phi) is 9.90. The molecule has 0 bridgehead atoms. The number of rotatable bonds is 10. The van der Waals surface area contributed by atoms with Gasteiger partial charge in [-0.15, -0.1) is 28.2 Å². The number of hydrogen-bond donors (Lipinski definition) is 4. The number of halogens is 2. The number of thioether (sulfide) groups is 2. The zero-order valence-electron chi connectivity index (χ0n) is 22.4. The number of carbonyl (C=O) groups excluding carboxylic acids is 3. The monoisotopic (exact) mass is 692 g/mol. The van der Waals surface area contributed by atoms with Crippen LogP contribution in [0.3, 0.4) is 0 Å². The van der Waals surface area contributed by atoms with Gasteiger partial charge in [-0.2, -0.15) is 0 Å². The van der Waals surface area contributed by atoms with Gasteiger partial charge in [0, 0.05) is 16.9 Å². The van der Waals surface area contributed by atoms with Crippen LogP contribution in [0.1, 0.15) is 26.5 Å². The molecule has 2 atom stereocenters. The molecule has 2 aromatic heterocycles. The summed E-state index contributed by atoms with van der Waals surface area (Å²) in [6, 6.07) is -1.09. The van der Waals surface area contributed by atoms with Gasteiger partial charge in [0.1, 0.15) is 33.8 Å². The summed E-state index contributed by atoms with van der Waals surface area (Å²) in [4.78, 5) is 66.8. The lowest BCUT2D eigenvalue weighted by Crippen LogP contribution is -2.70. The number of carboxylic acid groups (broad SMARTS) is 2. The lowest BCUT2D eigenvalue weighted by atomic mass is 10.0. The molecule has 0 aliphatic carbocycles. The maximum Gasteiger partial charge on any atom is 0.413 e. The second-order valence-corrected chi connectivity index (χ2v) is 13.6. The molecule has 0 aromatic carbocycles. The molecule has 0 saturated carbocycles. The molecule has 43 heavy (non-hydrogen) atoms. The molecular weight excluding hydrogens is 671 g/mol. The Hall–Kier alpha value is -3.39. The van der Waals surface area contributed by atoms with Crippen LogP contribution >= 0.6 is 58.1 Å². The molecule has 0 radical (unpaired) electrons. The standard InChI is InChI=1S/C22H22Cl2N8O8S3/c1-22(2,3)40-21(39)27-19-25-9(7-42-19)11(14(23)24)15(35)26-12-16(36)32-13(18(37)38)8(5-41-17(12)32)6-43-20-28-29-30-31(20)4-10(33)34/h7,12,17H,4-6H2,1-3H3,(H,26,35)(H,33,34)(H,37,38)(H,25,27,39)/t12?,17-/m1/s1. The van der Waals surface area contributed by atoms with E-state index in [1.807, 2.05) is 0 Å². The van der Waals surface area contributed by atoms with Gasteiger partial charge in [0.2, 0.25) is 5.16 Å². The first-order chi connectivity index (χ1) is 20.2. The fourth-order valence-corrected chi connectivity index (χ4v) is 7.24. The number of ether oxygens (including phenoxy) is 1. The molecule has 1 saturated heterocycles. The Morgan fingerprint density at radius 2 is 1.95 bits per heavy atom. The van der Waals surface area contributed by atoms with Crippen LogP contribution in [0.4, 0.5) is 9.93 Å². The number of carboxylic acids is 2. The zero-order chi connectivity index (χ0) is 31.6. The van der Waals surface area contributed by atoms with Crippen molar-refractivity contribution in [1.29, 1.82) is 0 Å². The maximum atomic E-state index is 13.2. The summed E-state index contributed by atoms with van der Waals surface area (Å²) < 4.78 is 5.79. The Bertz CT molecular complexity index is 1550. The minimum atomic E-state index is -1.35. The molecule has 4 heterocycles. The summed E-state index contributed by atoms with van der Waals surface area (Å²) in [6.45, 7) is 4.60. The number of hydrogen-bond acceptors (Lipinski definition) is 13. The summed E-state index contributed by atoms with van der Waals surface area (Å²) >= 11 is 15.2. The van der Waals surface area contributed by atoms with Gasteiger partial charge in [-0.3, -0.25) is 24.6 Å². The van der Waals surface area contributed by atoms with Crippen molar-refractivity contribution in [2.24, 2.45) is 0 Å². The molecule has 230 valence electrons. The highest BCUT2D eigenvalue weighted by Gasteiger charge is 2.54. The smallest absolute Gasteiger partial charge is 0.413 e. The number of nitrogens with one attached hydrogen (secondary N) is 2. The van der Waals surface area contributed by atoms with Crippen molar-refractivity contribution in [3.8, 4) is 0 Å². The minimum Gasteiger partial charge on any atom is -0.480 e. The Labute approximate surface area is 265 Å². The van der Waals surface area contributed by atoms with Crippen molar-refractivity contribution in [1.82, 2.24) is 35.4 Å². The van der Waals surface area contributed by atoms with E-state index < -0.39 is 57.9 Å². The van der Waals surface area contributed by atoms with E-state index in [1.165, 1.54) is 17.1 Å². The van der Waals surface area contributed by atoms with Crippen LogP contribution < -0.4 is 10.6 Å². The first kappa shape index (κ1) is 32.5. The zero-order valence-corrected chi connectivity index (χ0v) is 26.3. The molecule has 1 fully saturated rings. The Morgan fingerprint density at radius 3 is 2.58 bits per heavy atom. The third-order valence-corrected chi connectivity index (χ3v) is 9.00. The first-order valence-electron chi connectivity index (χ1n) is 12.0. The average Bonchev–Trinajstić information content (AvgIpc) is 3.52. The van der Waals surface area contributed by atoms with Crippen LogP contribution in [0.5, 0.6) is 0 Å². The number of anilines is 1. The SMILES string of the molecule is CC(C)(C)OC(=O)Nc1nc(C(C(=O)NC2C(=O)N3C(C(=O)O)=C(CSc4nnnn4CC(=O)O)CS[C@H]23)=C(Cl)Cl)cs1. The number of fused-ring (bicyclic) bond motifs is 1. The Morgan fingerprint density at radius 1 is 1.23 bits per heavy atom. The quantitative estimate of drug-likeness (QED) is 0.159. The van der Waals surface area contributed by atoms with Gasteiger partial charge in [0.15, 0.2) is 5.13 Å². The normalized spacial score (nSPS) is 18.0. The van der Waals surface area contributed by atoms with Crippen LogP contribution in [-0.4, -0.2) is 98.7 Å². The molecule has 4 rings (SSSR count). The van der Waals surface area contributed by atoms with E-state index >= 15 is 0 Å². The van der Waals surface area contributed by atoms with Crippen LogP contribution in [0.15, 0.2) is 26.3 Å². The van der Waals surface area contributed by atoms with E-state index in [1.54, 1.807) is 20.8 Å². The first-order valence-corrected chi connectivity index (χ1v) is 15.7. The van der Waals surface area contributed by atoms with Gasteiger partial charge in [-0.25, -0.2) is 19.3 Å². The molecule has 4 N–H and O–H groups in total. The predicted octanol–water partition coefficient (Wildman–Crippen LogP) is 2.24. The van der Waals surface area contributed by atoms with E-state index in [0.29, 0.717) is 5.57 Å². The molecular formula is C22H22Cl2N8O8S3. The molecule has 2 aliphatic heterocycles. The van der Waals surface area contributed by atoms with Gasteiger partial charge in [0.25, 0.3) is 11.8 Å². The maximum absolute atomic E-state index is 13.2. The van der Waals surface area contributed by atoms with Crippen molar-refractivity contribution in [2.45, 2.75) is 49.5 Å². The van der Waals surface area contributed by atoms with E-state index in [-0.39, 0.29) is 38.8 Å².